The number of nitrogens with zero attached hydrogens (tertiary/aromatic N) is 1. The van der Waals surface area contributed by atoms with Gasteiger partial charge in [0.1, 0.15) is 0 Å². The minimum absolute atomic E-state index is 0.0479. The van der Waals surface area contributed by atoms with Crippen LogP contribution in [0.2, 0.25) is 5.02 Å². The van der Waals surface area contributed by atoms with Gasteiger partial charge in [-0.15, -0.1) is 0 Å². The van der Waals surface area contributed by atoms with Crippen molar-refractivity contribution in [1.82, 2.24) is 4.90 Å². The van der Waals surface area contributed by atoms with E-state index >= 15 is 0 Å². The third-order valence-electron chi connectivity index (χ3n) is 6.72. The van der Waals surface area contributed by atoms with E-state index in [2.05, 4.69) is 12.1 Å². The Balaban J connectivity index is 1.58. The molecule has 0 heterocycles. The maximum absolute atomic E-state index is 13.8. The number of benzene rings is 4. The Kier molecular flexibility index (Phi) is 9.81. The fourth-order valence-corrected chi connectivity index (χ4v) is 4.92. The highest BCUT2D eigenvalue weighted by Gasteiger charge is 2.22. The lowest BCUT2D eigenvalue weighted by Gasteiger charge is -2.24. The summed E-state index contributed by atoms with van der Waals surface area (Å²) in [5.74, 6) is -0.181. The van der Waals surface area contributed by atoms with E-state index in [1.165, 1.54) is 19.8 Å². The molecule has 206 valence electrons. The van der Waals surface area contributed by atoms with Crippen molar-refractivity contribution in [1.29, 1.82) is 0 Å². The summed E-state index contributed by atoms with van der Waals surface area (Å²) in [7, 11) is 3.04. The number of methoxy groups -OCH3 is 2. The number of carbonyl (C=O) groups excluding carboxylic acids is 1. The molecule has 0 aliphatic carbocycles. The summed E-state index contributed by atoms with van der Waals surface area (Å²) in [5.41, 5.74) is 5.06. The Hall–Kier alpha value is -4.29. The van der Waals surface area contributed by atoms with Gasteiger partial charge in [-0.25, -0.2) is 0 Å². The molecule has 0 saturated heterocycles. The highest BCUT2D eigenvalue weighted by molar-refractivity contribution is 6.34. The first-order valence-corrected chi connectivity index (χ1v) is 13.4. The van der Waals surface area contributed by atoms with Crippen LogP contribution in [0.15, 0.2) is 91.0 Å². The second-order valence-corrected chi connectivity index (χ2v) is 9.83. The van der Waals surface area contributed by atoms with E-state index in [1.807, 2.05) is 66.7 Å². The van der Waals surface area contributed by atoms with Gasteiger partial charge in [0.2, 0.25) is 0 Å². The molecule has 0 unspecified atom stereocenters. The van der Waals surface area contributed by atoms with Crippen molar-refractivity contribution in [3.8, 4) is 22.6 Å². The zero-order valence-corrected chi connectivity index (χ0v) is 23.4. The quantitative estimate of drug-likeness (QED) is 0.204. The van der Waals surface area contributed by atoms with E-state index in [9.17, 15) is 14.7 Å². The number of hydrogen-bond acceptors (Lipinski definition) is 4. The Bertz CT molecular complexity index is 1450. The number of aliphatic carboxylic acids is 1. The summed E-state index contributed by atoms with van der Waals surface area (Å²) in [6, 6.07) is 28.8. The predicted molar refractivity (Wildman–Crippen MR) is 157 cm³/mol. The van der Waals surface area contributed by atoms with Crippen LogP contribution in [0.4, 0.5) is 0 Å². The molecular weight excluding hydrogens is 526 g/mol. The van der Waals surface area contributed by atoms with Gasteiger partial charge >= 0.3 is 5.97 Å². The molecule has 0 saturated carbocycles. The van der Waals surface area contributed by atoms with Crippen LogP contribution in [0.3, 0.4) is 0 Å². The van der Waals surface area contributed by atoms with E-state index in [4.69, 9.17) is 21.1 Å². The highest BCUT2D eigenvalue weighted by Crippen LogP contribution is 2.34. The number of carboxylic acids is 1. The van der Waals surface area contributed by atoms with Gasteiger partial charge in [-0.1, -0.05) is 90.5 Å². The second kappa shape index (κ2) is 13.7. The molecule has 6 nitrogen and oxygen atoms in total. The molecule has 1 N–H and O–H groups in total. The van der Waals surface area contributed by atoms with Gasteiger partial charge in [0, 0.05) is 19.2 Å². The fourth-order valence-electron chi connectivity index (χ4n) is 4.69. The molecule has 4 aromatic carbocycles. The first-order chi connectivity index (χ1) is 19.4. The van der Waals surface area contributed by atoms with Crippen molar-refractivity contribution < 1.29 is 24.2 Å². The van der Waals surface area contributed by atoms with Gasteiger partial charge in [0.25, 0.3) is 5.91 Å². The van der Waals surface area contributed by atoms with Crippen LogP contribution in [0.1, 0.15) is 33.5 Å². The number of halogens is 1. The molecular formula is C33H32ClNO5. The average Bonchev–Trinajstić information content (AvgIpc) is 2.97. The Morgan fingerprint density at radius 3 is 2.15 bits per heavy atom. The molecule has 1 amide bonds. The van der Waals surface area contributed by atoms with Gasteiger partial charge in [-0.2, -0.15) is 0 Å². The standard InChI is InChI=1S/C33H32ClNO5/c1-39-30-20-28(29(34)21-31(30)40-2)33(38)35(18-8-11-23-9-4-3-5-10-23)22-24-14-16-25(17-15-24)27-13-7-6-12-26(27)19-32(36)37/h3-7,9-10,12-17,20-21H,8,11,18-19,22H2,1-2H3,(H,36,37). The third kappa shape index (κ3) is 7.21. The van der Waals surface area contributed by atoms with Gasteiger partial charge in [0.15, 0.2) is 11.5 Å². The first kappa shape index (κ1) is 28.7. The van der Waals surface area contributed by atoms with E-state index in [-0.39, 0.29) is 12.3 Å². The van der Waals surface area contributed by atoms with Crippen LogP contribution >= 0.6 is 11.6 Å². The van der Waals surface area contributed by atoms with Crippen LogP contribution in [0, 0.1) is 0 Å². The Morgan fingerprint density at radius 1 is 0.825 bits per heavy atom. The van der Waals surface area contributed by atoms with Crippen LogP contribution in [0.5, 0.6) is 11.5 Å². The molecule has 4 aromatic rings. The Morgan fingerprint density at radius 2 is 1.48 bits per heavy atom. The lowest BCUT2D eigenvalue weighted by Crippen LogP contribution is -2.32. The lowest BCUT2D eigenvalue weighted by atomic mass is 9.97. The minimum atomic E-state index is -0.873. The predicted octanol–water partition coefficient (Wildman–Crippen LogP) is 6.93. The minimum Gasteiger partial charge on any atom is -0.493 e. The number of rotatable bonds is 12. The molecule has 0 aliphatic rings. The Labute approximate surface area is 239 Å². The van der Waals surface area contributed by atoms with Crippen LogP contribution in [0.25, 0.3) is 11.1 Å². The topological polar surface area (TPSA) is 76.1 Å². The van der Waals surface area contributed by atoms with E-state index in [0.717, 1.165) is 35.1 Å². The van der Waals surface area contributed by atoms with Gasteiger partial charge in [-0.05, 0) is 46.7 Å². The molecule has 0 bridgehead atoms. The summed E-state index contributed by atoms with van der Waals surface area (Å²) >= 11 is 6.52. The van der Waals surface area contributed by atoms with E-state index in [1.54, 1.807) is 17.0 Å². The maximum Gasteiger partial charge on any atom is 0.307 e. The largest absolute Gasteiger partial charge is 0.493 e. The molecule has 7 heteroatoms. The number of carbonyl (C=O) groups is 2. The van der Waals surface area contributed by atoms with Gasteiger partial charge < -0.3 is 19.5 Å². The molecule has 0 radical (unpaired) electrons. The van der Waals surface area contributed by atoms with E-state index < -0.39 is 5.97 Å². The molecule has 40 heavy (non-hydrogen) atoms. The number of ether oxygens (including phenoxy) is 2. The summed E-state index contributed by atoms with van der Waals surface area (Å²) in [6.07, 6.45) is 1.57. The second-order valence-electron chi connectivity index (χ2n) is 9.43. The molecule has 0 aliphatic heterocycles. The summed E-state index contributed by atoms with van der Waals surface area (Å²) in [5, 5.41) is 9.58. The molecule has 0 aromatic heterocycles. The van der Waals surface area contributed by atoms with Crippen LogP contribution in [-0.2, 0) is 24.2 Å². The lowest BCUT2D eigenvalue weighted by molar-refractivity contribution is -0.136. The molecule has 0 atom stereocenters. The van der Waals surface area contributed by atoms with Crippen molar-refractivity contribution in [3.63, 3.8) is 0 Å². The summed E-state index contributed by atoms with van der Waals surface area (Å²) in [6.45, 7) is 0.914. The summed E-state index contributed by atoms with van der Waals surface area (Å²) in [4.78, 5) is 26.9. The first-order valence-electron chi connectivity index (χ1n) is 13.0. The van der Waals surface area contributed by atoms with Crippen molar-refractivity contribution in [3.05, 3.63) is 118 Å². The zero-order valence-electron chi connectivity index (χ0n) is 22.6. The number of carboxylic acid groups (broad SMARTS) is 1. The van der Waals surface area contributed by atoms with Crippen molar-refractivity contribution in [2.45, 2.75) is 25.8 Å². The number of aryl methyl sites for hydroxylation is 1. The SMILES string of the molecule is COc1cc(Cl)c(C(=O)N(CCCc2ccccc2)Cc2ccc(-c3ccccc3CC(=O)O)cc2)cc1OC. The normalized spacial score (nSPS) is 10.7. The highest BCUT2D eigenvalue weighted by atomic mass is 35.5. The zero-order chi connectivity index (χ0) is 28.5. The fraction of sp³-hybridized carbons (Fsp3) is 0.212. The smallest absolute Gasteiger partial charge is 0.307 e. The van der Waals surface area contributed by atoms with Crippen molar-refractivity contribution >= 4 is 23.5 Å². The number of hydrogen-bond donors (Lipinski definition) is 1. The molecule has 0 spiro atoms. The van der Waals surface area contributed by atoms with Crippen molar-refractivity contribution in [2.24, 2.45) is 0 Å². The third-order valence-corrected chi connectivity index (χ3v) is 7.04. The molecule has 0 fully saturated rings. The average molecular weight is 558 g/mol. The number of amides is 1. The maximum atomic E-state index is 13.8. The van der Waals surface area contributed by atoms with Gasteiger partial charge in [0.05, 0.1) is 31.2 Å². The van der Waals surface area contributed by atoms with Crippen LogP contribution < -0.4 is 9.47 Å². The van der Waals surface area contributed by atoms with E-state index in [0.29, 0.717) is 35.2 Å². The van der Waals surface area contributed by atoms with Gasteiger partial charge in [-0.3, -0.25) is 9.59 Å². The monoisotopic (exact) mass is 557 g/mol. The summed E-state index contributed by atoms with van der Waals surface area (Å²) < 4.78 is 10.7. The van der Waals surface area contributed by atoms with Crippen molar-refractivity contribution in [2.75, 3.05) is 20.8 Å². The van der Waals surface area contributed by atoms with Crippen LogP contribution in [-0.4, -0.2) is 42.6 Å². The molecule has 4 rings (SSSR count).